The number of halogens is 2. The molecule has 2 aromatic rings. The van der Waals surface area contributed by atoms with Crippen molar-refractivity contribution < 1.29 is 9.50 Å². The van der Waals surface area contributed by atoms with E-state index >= 15 is 0 Å². The third-order valence-corrected chi connectivity index (χ3v) is 3.51. The van der Waals surface area contributed by atoms with Crippen LogP contribution in [0.15, 0.2) is 46.9 Å². The summed E-state index contributed by atoms with van der Waals surface area (Å²) in [5.41, 5.74) is 1.40. The number of hydrogen-bond donors (Lipinski definition) is 2. The molecule has 0 saturated heterocycles. The highest BCUT2D eigenvalue weighted by Crippen LogP contribution is 2.23. The van der Waals surface area contributed by atoms with Gasteiger partial charge in [-0.1, -0.05) is 34.1 Å². The van der Waals surface area contributed by atoms with E-state index in [0.717, 1.165) is 10.0 Å². The van der Waals surface area contributed by atoms with E-state index < -0.39 is 0 Å². The van der Waals surface area contributed by atoms with Gasteiger partial charge in [0.25, 0.3) is 0 Å². The van der Waals surface area contributed by atoms with E-state index in [2.05, 4.69) is 21.2 Å². The number of aromatic hydroxyl groups is 1. The van der Waals surface area contributed by atoms with Crippen LogP contribution >= 0.6 is 15.9 Å². The number of nitrogens with one attached hydrogen (secondary N) is 1. The summed E-state index contributed by atoms with van der Waals surface area (Å²) in [7, 11) is 0. The lowest BCUT2D eigenvalue weighted by Gasteiger charge is -2.16. The molecule has 19 heavy (non-hydrogen) atoms. The number of rotatable bonds is 4. The Morgan fingerprint density at radius 3 is 2.74 bits per heavy atom. The Labute approximate surface area is 120 Å². The van der Waals surface area contributed by atoms with Crippen molar-refractivity contribution in [1.29, 1.82) is 0 Å². The maximum absolute atomic E-state index is 13.7. The summed E-state index contributed by atoms with van der Waals surface area (Å²) < 4.78 is 14.6. The van der Waals surface area contributed by atoms with Crippen molar-refractivity contribution in [2.24, 2.45) is 0 Å². The zero-order valence-corrected chi connectivity index (χ0v) is 12.1. The lowest BCUT2D eigenvalue weighted by Crippen LogP contribution is -2.19. The summed E-state index contributed by atoms with van der Waals surface area (Å²) in [5.74, 6) is 0.0115. The van der Waals surface area contributed by atoms with Gasteiger partial charge in [0, 0.05) is 28.2 Å². The van der Waals surface area contributed by atoms with E-state index in [1.54, 1.807) is 24.3 Å². The van der Waals surface area contributed by atoms with Gasteiger partial charge < -0.3 is 10.4 Å². The summed E-state index contributed by atoms with van der Waals surface area (Å²) in [5, 5.41) is 12.9. The molecule has 0 radical (unpaired) electrons. The van der Waals surface area contributed by atoms with Crippen LogP contribution in [0.5, 0.6) is 5.75 Å². The standard InChI is InChI=1S/C15H15BrFNO/c1-10(13-8-12(16)6-7-14(13)17)18-9-11-4-2-3-5-15(11)19/h2-8,10,18-19H,9H2,1H3. The zero-order valence-electron chi connectivity index (χ0n) is 10.5. The Bertz CT molecular complexity index is 574. The minimum atomic E-state index is -0.236. The fourth-order valence-corrected chi connectivity index (χ4v) is 2.26. The van der Waals surface area contributed by atoms with Gasteiger partial charge in [-0.2, -0.15) is 0 Å². The van der Waals surface area contributed by atoms with Gasteiger partial charge in [-0.3, -0.25) is 0 Å². The molecule has 0 heterocycles. The molecule has 2 N–H and O–H groups in total. The minimum Gasteiger partial charge on any atom is -0.508 e. The summed E-state index contributed by atoms with van der Waals surface area (Å²) >= 11 is 3.34. The molecule has 0 saturated carbocycles. The summed E-state index contributed by atoms with van der Waals surface area (Å²) in [6, 6.07) is 11.9. The van der Waals surface area contributed by atoms with Crippen molar-refractivity contribution in [1.82, 2.24) is 5.32 Å². The average molecular weight is 324 g/mol. The van der Waals surface area contributed by atoms with E-state index in [9.17, 15) is 9.50 Å². The highest BCUT2D eigenvalue weighted by molar-refractivity contribution is 9.10. The quantitative estimate of drug-likeness (QED) is 0.886. The van der Waals surface area contributed by atoms with Gasteiger partial charge in [0.15, 0.2) is 0 Å². The Balaban J connectivity index is 2.07. The van der Waals surface area contributed by atoms with E-state index in [0.29, 0.717) is 12.1 Å². The van der Waals surface area contributed by atoms with E-state index in [1.165, 1.54) is 6.07 Å². The molecular formula is C15H15BrFNO. The Morgan fingerprint density at radius 2 is 2.00 bits per heavy atom. The van der Waals surface area contributed by atoms with Gasteiger partial charge in [0.1, 0.15) is 11.6 Å². The van der Waals surface area contributed by atoms with Crippen LogP contribution in [0.2, 0.25) is 0 Å². The molecule has 0 spiro atoms. The number of hydrogen-bond acceptors (Lipinski definition) is 2. The topological polar surface area (TPSA) is 32.3 Å². The van der Waals surface area contributed by atoms with Crippen molar-refractivity contribution >= 4 is 15.9 Å². The van der Waals surface area contributed by atoms with Crippen LogP contribution in [0.4, 0.5) is 4.39 Å². The van der Waals surface area contributed by atoms with E-state index in [-0.39, 0.29) is 17.6 Å². The second kappa shape index (κ2) is 6.17. The minimum absolute atomic E-state index is 0.142. The van der Waals surface area contributed by atoms with Crippen molar-refractivity contribution in [3.63, 3.8) is 0 Å². The molecule has 1 atom stereocenters. The number of benzene rings is 2. The molecule has 2 nitrogen and oxygen atoms in total. The molecule has 1 unspecified atom stereocenters. The van der Waals surface area contributed by atoms with Gasteiger partial charge in [0.05, 0.1) is 0 Å². The number of phenols is 1. The molecule has 0 aromatic heterocycles. The molecule has 0 amide bonds. The van der Waals surface area contributed by atoms with E-state index in [4.69, 9.17) is 0 Å². The zero-order chi connectivity index (χ0) is 13.8. The monoisotopic (exact) mass is 323 g/mol. The predicted molar refractivity (Wildman–Crippen MR) is 77.5 cm³/mol. The first-order chi connectivity index (χ1) is 9.08. The van der Waals surface area contributed by atoms with Gasteiger partial charge in [-0.25, -0.2) is 4.39 Å². The van der Waals surface area contributed by atoms with Crippen LogP contribution in [0.1, 0.15) is 24.1 Å². The fourth-order valence-electron chi connectivity index (χ4n) is 1.88. The van der Waals surface area contributed by atoms with Crippen LogP contribution in [0, 0.1) is 5.82 Å². The van der Waals surface area contributed by atoms with Gasteiger partial charge in [-0.15, -0.1) is 0 Å². The van der Waals surface area contributed by atoms with Crippen molar-refractivity contribution in [2.45, 2.75) is 19.5 Å². The first kappa shape index (κ1) is 14.0. The molecule has 2 rings (SSSR count). The second-order valence-corrected chi connectivity index (χ2v) is 5.31. The third kappa shape index (κ3) is 3.55. The lowest BCUT2D eigenvalue weighted by atomic mass is 10.1. The Hall–Kier alpha value is -1.39. The van der Waals surface area contributed by atoms with E-state index in [1.807, 2.05) is 19.1 Å². The first-order valence-electron chi connectivity index (χ1n) is 6.03. The molecule has 2 aromatic carbocycles. The summed E-state index contributed by atoms with van der Waals surface area (Å²) in [6.45, 7) is 2.38. The number of para-hydroxylation sites is 1. The molecule has 4 heteroatoms. The van der Waals surface area contributed by atoms with Gasteiger partial charge in [0.2, 0.25) is 0 Å². The van der Waals surface area contributed by atoms with Crippen molar-refractivity contribution in [2.75, 3.05) is 0 Å². The third-order valence-electron chi connectivity index (χ3n) is 3.01. The van der Waals surface area contributed by atoms with Crippen LogP contribution in [0.3, 0.4) is 0 Å². The van der Waals surface area contributed by atoms with Crippen LogP contribution < -0.4 is 5.32 Å². The van der Waals surface area contributed by atoms with Gasteiger partial charge >= 0.3 is 0 Å². The molecular weight excluding hydrogens is 309 g/mol. The Kier molecular flexibility index (Phi) is 4.56. The molecule has 0 aliphatic carbocycles. The smallest absolute Gasteiger partial charge is 0.128 e. The Morgan fingerprint density at radius 1 is 1.26 bits per heavy atom. The normalized spacial score (nSPS) is 12.4. The maximum atomic E-state index is 13.7. The lowest BCUT2D eigenvalue weighted by molar-refractivity contribution is 0.458. The summed E-state index contributed by atoms with van der Waals surface area (Å²) in [4.78, 5) is 0. The SMILES string of the molecule is CC(NCc1ccccc1O)c1cc(Br)ccc1F. The highest BCUT2D eigenvalue weighted by atomic mass is 79.9. The average Bonchev–Trinajstić information content (AvgIpc) is 2.40. The van der Waals surface area contributed by atoms with Crippen molar-refractivity contribution in [3.05, 3.63) is 63.9 Å². The predicted octanol–water partition coefficient (Wildman–Crippen LogP) is 4.14. The van der Waals surface area contributed by atoms with Crippen LogP contribution in [0.25, 0.3) is 0 Å². The highest BCUT2D eigenvalue weighted by Gasteiger charge is 2.11. The molecule has 0 aliphatic rings. The number of phenolic OH excluding ortho intramolecular Hbond substituents is 1. The molecule has 0 bridgehead atoms. The largest absolute Gasteiger partial charge is 0.508 e. The molecule has 0 aliphatic heterocycles. The van der Waals surface area contributed by atoms with Gasteiger partial charge in [-0.05, 0) is 31.2 Å². The second-order valence-electron chi connectivity index (χ2n) is 4.40. The molecule has 0 fully saturated rings. The fraction of sp³-hybridized carbons (Fsp3) is 0.200. The maximum Gasteiger partial charge on any atom is 0.128 e. The van der Waals surface area contributed by atoms with Crippen molar-refractivity contribution in [3.8, 4) is 5.75 Å². The molecule has 100 valence electrons. The summed E-state index contributed by atoms with van der Waals surface area (Å²) in [6.07, 6.45) is 0. The van der Waals surface area contributed by atoms with Crippen LogP contribution in [-0.4, -0.2) is 5.11 Å². The first-order valence-corrected chi connectivity index (χ1v) is 6.82. The van der Waals surface area contributed by atoms with Crippen LogP contribution in [-0.2, 0) is 6.54 Å².